The van der Waals surface area contributed by atoms with Crippen molar-refractivity contribution in [1.82, 2.24) is 5.43 Å². The first-order valence-corrected chi connectivity index (χ1v) is 8.18. The number of anilines is 1. The third kappa shape index (κ3) is 5.12. The highest BCUT2D eigenvalue weighted by Crippen LogP contribution is 2.21. The van der Waals surface area contributed by atoms with Crippen LogP contribution in [0.25, 0.3) is 0 Å². The van der Waals surface area contributed by atoms with Gasteiger partial charge in [0.15, 0.2) is 5.11 Å². The van der Waals surface area contributed by atoms with Gasteiger partial charge in [0.2, 0.25) is 0 Å². The highest BCUT2D eigenvalue weighted by molar-refractivity contribution is 7.80. The summed E-state index contributed by atoms with van der Waals surface area (Å²) in [6.45, 7) is 6.66. The lowest BCUT2D eigenvalue weighted by Gasteiger charge is -2.19. The molecular weight excluding hydrogens is 278 g/mol. The van der Waals surface area contributed by atoms with Crippen molar-refractivity contribution in [1.29, 1.82) is 0 Å². The highest BCUT2D eigenvalue weighted by atomic mass is 32.1. The minimum atomic E-state index is 0.545. The summed E-state index contributed by atoms with van der Waals surface area (Å²) in [7, 11) is 0. The van der Waals surface area contributed by atoms with Crippen LogP contribution < -0.4 is 10.7 Å². The van der Waals surface area contributed by atoms with E-state index in [4.69, 9.17) is 12.2 Å². The molecule has 0 heterocycles. The van der Waals surface area contributed by atoms with Gasteiger partial charge in [0.25, 0.3) is 0 Å². The molecule has 114 valence electrons. The molecule has 0 amide bonds. The summed E-state index contributed by atoms with van der Waals surface area (Å²) in [5.41, 5.74) is 6.52. The average molecular weight is 303 g/mol. The number of hydrazone groups is 1. The van der Waals surface area contributed by atoms with Gasteiger partial charge in [-0.2, -0.15) is 5.10 Å². The van der Waals surface area contributed by atoms with Crippen molar-refractivity contribution in [2.24, 2.45) is 11.0 Å². The lowest BCUT2D eigenvalue weighted by atomic mass is 9.89. The summed E-state index contributed by atoms with van der Waals surface area (Å²) in [6, 6.07) is 8.37. The molecule has 1 aromatic carbocycles. The number of benzene rings is 1. The largest absolute Gasteiger partial charge is 0.331 e. The fourth-order valence-electron chi connectivity index (χ4n) is 2.60. The van der Waals surface area contributed by atoms with E-state index < -0.39 is 0 Å². The third-order valence-corrected chi connectivity index (χ3v) is 4.09. The topological polar surface area (TPSA) is 36.4 Å². The lowest BCUT2D eigenvalue weighted by molar-refractivity contribution is 0.498. The standard InChI is InChI=1S/C17H25N3S/c1-12(2)14-7-9-15(10-8-14)18-17(21)20-19-16-6-4-5-13(3)11-16/h7-10,12-13H,4-6,11H2,1-3H3,(H2,18,20,21)/b19-16+/t13-/m0/s1. The van der Waals surface area contributed by atoms with Crippen molar-refractivity contribution in [3.05, 3.63) is 29.8 Å². The fraction of sp³-hybridized carbons (Fsp3) is 0.529. The summed E-state index contributed by atoms with van der Waals surface area (Å²) < 4.78 is 0. The van der Waals surface area contributed by atoms with Crippen LogP contribution in [0.2, 0.25) is 0 Å². The van der Waals surface area contributed by atoms with Crippen molar-refractivity contribution >= 4 is 28.7 Å². The van der Waals surface area contributed by atoms with E-state index in [1.165, 1.54) is 24.1 Å². The van der Waals surface area contributed by atoms with E-state index in [2.05, 4.69) is 60.9 Å². The molecule has 1 atom stereocenters. The maximum Gasteiger partial charge on any atom is 0.191 e. The van der Waals surface area contributed by atoms with Crippen molar-refractivity contribution < 1.29 is 0 Å². The summed E-state index contributed by atoms with van der Waals surface area (Å²) in [5.74, 6) is 1.29. The van der Waals surface area contributed by atoms with Gasteiger partial charge in [0.1, 0.15) is 0 Å². The van der Waals surface area contributed by atoms with Crippen LogP contribution in [-0.2, 0) is 0 Å². The first kappa shape index (κ1) is 16.0. The smallest absolute Gasteiger partial charge is 0.191 e. The highest BCUT2D eigenvalue weighted by Gasteiger charge is 2.13. The first-order valence-electron chi connectivity index (χ1n) is 7.77. The van der Waals surface area contributed by atoms with E-state index in [-0.39, 0.29) is 0 Å². The van der Waals surface area contributed by atoms with Crippen LogP contribution in [0.4, 0.5) is 5.69 Å². The third-order valence-electron chi connectivity index (χ3n) is 3.90. The molecule has 1 aromatic rings. The van der Waals surface area contributed by atoms with Gasteiger partial charge in [0.05, 0.1) is 0 Å². The Morgan fingerprint density at radius 3 is 2.62 bits per heavy atom. The van der Waals surface area contributed by atoms with E-state index >= 15 is 0 Å². The molecule has 1 aliphatic carbocycles. The zero-order chi connectivity index (χ0) is 15.2. The molecule has 0 aromatic heterocycles. The second kappa shape index (κ2) is 7.55. The van der Waals surface area contributed by atoms with Gasteiger partial charge in [0, 0.05) is 11.4 Å². The van der Waals surface area contributed by atoms with Gasteiger partial charge in [-0.05, 0) is 67.4 Å². The van der Waals surface area contributed by atoms with E-state index in [0.29, 0.717) is 11.0 Å². The van der Waals surface area contributed by atoms with Gasteiger partial charge in [-0.1, -0.05) is 32.9 Å². The lowest BCUT2D eigenvalue weighted by Crippen LogP contribution is -2.26. The van der Waals surface area contributed by atoms with Crippen LogP contribution >= 0.6 is 12.2 Å². The maximum atomic E-state index is 5.29. The Bertz CT molecular complexity index is 505. The average Bonchev–Trinajstić information content (AvgIpc) is 2.46. The number of nitrogens with zero attached hydrogens (tertiary/aromatic N) is 1. The molecule has 0 spiro atoms. The minimum Gasteiger partial charge on any atom is -0.331 e. The Hall–Kier alpha value is -1.42. The predicted octanol–water partition coefficient (Wildman–Crippen LogP) is 4.66. The zero-order valence-electron chi connectivity index (χ0n) is 13.1. The van der Waals surface area contributed by atoms with E-state index in [9.17, 15) is 0 Å². The van der Waals surface area contributed by atoms with Gasteiger partial charge < -0.3 is 5.32 Å². The molecule has 1 saturated carbocycles. The Balaban J connectivity index is 1.85. The van der Waals surface area contributed by atoms with Crippen molar-refractivity contribution in [3.8, 4) is 0 Å². The normalized spacial score (nSPS) is 20.6. The summed E-state index contributed by atoms with van der Waals surface area (Å²) in [4.78, 5) is 0. The summed E-state index contributed by atoms with van der Waals surface area (Å²) >= 11 is 5.29. The van der Waals surface area contributed by atoms with Crippen LogP contribution in [0.15, 0.2) is 29.4 Å². The molecule has 2 rings (SSSR count). The Labute approximate surface area is 133 Å². The number of hydrogen-bond acceptors (Lipinski definition) is 2. The van der Waals surface area contributed by atoms with Crippen LogP contribution in [0.3, 0.4) is 0 Å². The Kier molecular flexibility index (Phi) is 5.74. The molecule has 21 heavy (non-hydrogen) atoms. The van der Waals surface area contributed by atoms with Gasteiger partial charge in [-0.3, -0.25) is 5.43 Å². The maximum absolute atomic E-state index is 5.29. The van der Waals surface area contributed by atoms with Crippen LogP contribution in [0, 0.1) is 5.92 Å². The fourth-order valence-corrected chi connectivity index (χ4v) is 2.77. The number of thiocarbonyl (C=S) groups is 1. The molecule has 2 N–H and O–H groups in total. The molecule has 4 heteroatoms. The van der Waals surface area contributed by atoms with Crippen molar-refractivity contribution in [3.63, 3.8) is 0 Å². The molecule has 0 unspecified atom stereocenters. The van der Waals surface area contributed by atoms with Crippen molar-refractivity contribution in [2.45, 2.75) is 52.4 Å². The van der Waals surface area contributed by atoms with Crippen LogP contribution in [0.5, 0.6) is 0 Å². The van der Waals surface area contributed by atoms with E-state index in [1.54, 1.807) is 0 Å². The Morgan fingerprint density at radius 2 is 2.00 bits per heavy atom. The number of nitrogens with one attached hydrogen (secondary N) is 2. The number of hydrogen-bond donors (Lipinski definition) is 2. The molecule has 0 radical (unpaired) electrons. The van der Waals surface area contributed by atoms with Gasteiger partial charge >= 0.3 is 0 Å². The SMILES string of the molecule is CC(C)c1ccc(NC(=S)N/N=C2\CCC[C@H](C)C2)cc1. The second-order valence-electron chi connectivity index (χ2n) is 6.22. The molecule has 0 aliphatic heterocycles. The summed E-state index contributed by atoms with van der Waals surface area (Å²) in [6.07, 6.45) is 4.71. The molecule has 0 saturated heterocycles. The predicted molar refractivity (Wildman–Crippen MR) is 95.0 cm³/mol. The van der Waals surface area contributed by atoms with E-state index in [0.717, 1.165) is 24.4 Å². The number of rotatable bonds is 3. The van der Waals surface area contributed by atoms with Crippen LogP contribution in [-0.4, -0.2) is 10.8 Å². The molecule has 1 aliphatic rings. The zero-order valence-corrected chi connectivity index (χ0v) is 14.0. The summed E-state index contributed by atoms with van der Waals surface area (Å²) in [5, 5.41) is 8.16. The molecule has 0 bridgehead atoms. The first-order chi connectivity index (χ1) is 10.0. The minimum absolute atomic E-state index is 0.545. The molecular formula is C17H25N3S. The van der Waals surface area contributed by atoms with Crippen LogP contribution in [0.1, 0.15) is 57.9 Å². The van der Waals surface area contributed by atoms with Gasteiger partial charge in [-0.15, -0.1) is 0 Å². The molecule has 1 fully saturated rings. The van der Waals surface area contributed by atoms with Gasteiger partial charge in [-0.25, -0.2) is 0 Å². The van der Waals surface area contributed by atoms with Crippen molar-refractivity contribution in [2.75, 3.05) is 5.32 Å². The quantitative estimate of drug-likeness (QED) is 0.629. The monoisotopic (exact) mass is 303 g/mol. The molecule has 3 nitrogen and oxygen atoms in total. The van der Waals surface area contributed by atoms with E-state index in [1.807, 2.05) is 0 Å². The second-order valence-corrected chi connectivity index (χ2v) is 6.63. The Morgan fingerprint density at radius 1 is 1.29 bits per heavy atom.